The summed E-state index contributed by atoms with van der Waals surface area (Å²) in [7, 11) is 0. The Balaban J connectivity index is 1.38. The SMILES string of the molecule is O=C(CSc1nc2sc3c(c2c(=O)n1-c1ccccc1)CCCC3)NN=Cc1ccc(Cl)c([N+](=O)[O-])c1. The summed E-state index contributed by atoms with van der Waals surface area (Å²) in [5.74, 6) is -0.447. The van der Waals surface area contributed by atoms with Gasteiger partial charge in [-0.3, -0.25) is 24.3 Å². The Morgan fingerprint density at radius 3 is 2.81 bits per heavy atom. The van der Waals surface area contributed by atoms with Crippen LogP contribution >= 0.6 is 34.7 Å². The highest BCUT2D eigenvalue weighted by Gasteiger charge is 2.23. The quantitative estimate of drug-likeness (QED) is 0.111. The molecule has 0 spiro atoms. The number of hydrazone groups is 1. The highest BCUT2D eigenvalue weighted by Crippen LogP contribution is 2.35. The molecule has 2 aromatic heterocycles. The van der Waals surface area contributed by atoms with Gasteiger partial charge in [-0.05, 0) is 49.4 Å². The lowest BCUT2D eigenvalue weighted by Gasteiger charge is -2.13. The standard InChI is InChI=1S/C25H20ClN5O4S2/c26-18-11-10-15(12-19(18)31(34)35)13-27-29-21(32)14-36-25-28-23-22(17-8-4-5-9-20(17)37-23)24(33)30(25)16-6-2-1-3-7-16/h1-3,6-7,10-13H,4-5,8-9,14H2,(H,29,32). The van der Waals surface area contributed by atoms with Gasteiger partial charge in [0.15, 0.2) is 5.16 Å². The maximum absolute atomic E-state index is 13.7. The minimum absolute atomic E-state index is 0.0168. The molecule has 0 radical (unpaired) electrons. The number of thioether (sulfide) groups is 1. The highest BCUT2D eigenvalue weighted by molar-refractivity contribution is 7.99. The van der Waals surface area contributed by atoms with Gasteiger partial charge in [0.1, 0.15) is 9.85 Å². The number of aryl methyl sites for hydroxylation is 2. The van der Waals surface area contributed by atoms with Gasteiger partial charge < -0.3 is 0 Å². The maximum Gasteiger partial charge on any atom is 0.288 e. The Hall–Kier alpha value is -3.54. The van der Waals surface area contributed by atoms with E-state index in [9.17, 15) is 19.7 Å². The lowest BCUT2D eigenvalue weighted by molar-refractivity contribution is -0.384. The lowest BCUT2D eigenvalue weighted by Crippen LogP contribution is -2.24. The summed E-state index contributed by atoms with van der Waals surface area (Å²) in [6, 6.07) is 13.5. The second-order valence-corrected chi connectivity index (χ2v) is 10.7. The number of hydrogen-bond donors (Lipinski definition) is 1. The third kappa shape index (κ3) is 5.29. The number of hydrogen-bond acceptors (Lipinski definition) is 8. The minimum Gasteiger partial charge on any atom is -0.272 e. The first-order chi connectivity index (χ1) is 17.9. The van der Waals surface area contributed by atoms with Crippen molar-refractivity contribution in [3.63, 3.8) is 0 Å². The van der Waals surface area contributed by atoms with Gasteiger partial charge in [0, 0.05) is 16.5 Å². The van der Waals surface area contributed by atoms with Crippen molar-refractivity contribution in [2.75, 3.05) is 5.75 Å². The van der Waals surface area contributed by atoms with Gasteiger partial charge in [-0.1, -0.05) is 47.6 Å². The number of nitrogens with one attached hydrogen (secondary N) is 1. The molecule has 188 valence electrons. The van der Waals surface area contributed by atoms with Crippen LogP contribution in [-0.4, -0.2) is 32.3 Å². The first-order valence-electron chi connectivity index (χ1n) is 11.4. The molecule has 0 fully saturated rings. The molecule has 0 atom stereocenters. The zero-order chi connectivity index (χ0) is 25.9. The van der Waals surface area contributed by atoms with Crippen molar-refractivity contribution in [2.24, 2.45) is 5.10 Å². The smallest absolute Gasteiger partial charge is 0.272 e. The van der Waals surface area contributed by atoms with Crippen LogP contribution in [0.1, 0.15) is 28.8 Å². The summed E-state index contributed by atoms with van der Waals surface area (Å²) in [6.45, 7) is 0. The molecule has 0 aliphatic heterocycles. The number of halogens is 1. The summed E-state index contributed by atoms with van der Waals surface area (Å²) >= 11 is 8.53. The molecule has 2 heterocycles. The van der Waals surface area contributed by atoms with E-state index in [2.05, 4.69) is 10.5 Å². The third-order valence-corrected chi connectivity index (χ3v) is 8.32. The number of carbonyl (C=O) groups is 1. The Kier molecular flexibility index (Phi) is 7.36. The number of aromatic nitrogens is 2. The largest absolute Gasteiger partial charge is 0.288 e. The number of nitro benzene ring substituents is 1. The number of para-hydroxylation sites is 1. The van der Waals surface area contributed by atoms with E-state index in [1.54, 1.807) is 22.0 Å². The molecule has 1 amide bonds. The van der Waals surface area contributed by atoms with Crippen molar-refractivity contribution < 1.29 is 9.72 Å². The van der Waals surface area contributed by atoms with Crippen molar-refractivity contribution in [1.82, 2.24) is 15.0 Å². The topological polar surface area (TPSA) is 119 Å². The van der Waals surface area contributed by atoms with Crippen LogP contribution < -0.4 is 11.0 Å². The first-order valence-corrected chi connectivity index (χ1v) is 13.6. The van der Waals surface area contributed by atoms with Gasteiger partial charge in [0.05, 0.1) is 28.0 Å². The molecule has 1 N–H and O–H groups in total. The highest BCUT2D eigenvalue weighted by atomic mass is 35.5. The fraction of sp³-hybridized carbons (Fsp3) is 0.200. The number of thiophene rings is 1. The van der Waals surface area contributed by atoms with E-state index >= 15 is 0 Å². The van der Waals surface area contributed by atoms with Crippen LogP contribution in [0.15, 0.2) is 63.6 Å². The zero-order valence-corrected chi connectivity index (χ0v) is 21.7. The fourth-order valence-electron chi connectivity index (χ4n) is 4.18. The molecule has 0 unspecified atom stereocenters. The lowest BCUT2D eigenvalue weighted by atomic mass is 9.97. The second kappa shape index (κ2) is 10.8. The zero-order valence-electron chi connectivity index (χ0n) is 19.3. The maximum atomic E-state index is 13.7. The summed E-state index contributed by atoms with van der Waals surface area (Å²) in [5, 5.41) is 16.1. The Morgan fingerprint density at radius 1 is 1.24 bits per heavy atom. The average Bonchev–Trinajstić information content (AvgIpc) is 3.27. The molecule has 12 heteroatoms. The Labute approximate surface area is 224 Å². The number of carbonyl (C=O) groups excluding carboxylic acids is 1. The van der Waals surface area contributed by atoms with E-state index in [0.717, 1.165) is 43.0 Å². The molecule has 2 aromatic carbocycles. The molecule has 9 nitrogen and oxygen atoms in total. The van der Waals surface area contributed by atoms with Crippen LogP contribution in [0.5, 0.6) is 0 Å². The molecule has 1 aliphatic carbocycles. The van der Waals surface area contributed by atoms with Crippen molar-refractivity contribution in [2.45, 2.75) is 30.8 Å². The summed E-state index contributed by atoms with van der Waals surface area (Å²) in [6.07, 6.45) is 5.31. The third-order valence-electron chi connectivity index (χ3n) is 5.87. The van der Waals surface area contributed by atoms with E-state index < -0.39 is 10.8 Å². The van der Waals surface area contributed by atoms with E-state index in [0.29, 0.717) is 26.6 Å². The molecule has 5 rings (SSSR count). The summed E-state index contributed by atoms with van der Waals surface area (Å²) in [5.41, 5.74) is 4.25. The number of nitro groups is 1. The number of amides is 1. The van der Waals surface area contributed by atoms with Gasteiger partial charge in [0.2, 0.25) is 0 Å². The predicted octanol–water partition coefficient (Wildman–Crippen LogP) is 5.13. The number of benzene rings is 2. The number of fused-ring (bicyclic) bond motifs is 3. The average molecular weight is 554 g/mol. The fourth-order valence-corrected chi connectivity index (χ4v) is 6.47. The van der Waals surface area contributed by atoms with Gasteiger partial charge in [-0.15, -0.1) is 11.3 Å². The monoisotopic (exact) mass is 553 g/mol. The van der Waals surface area contributed by atoms with Crippen LogP contribution in [0, 0.1) is 10.1 Å². The normalized spacial score (nSPS) is 13.1. The summed E-state index contributed by atoms with van der Waals surface area (Å²) in [4.78, 5) is 43.4. The minimum atomic E-state index is -0.588. The Morgan fingerprint density at radius 2 is 2.03 bits per heavy atom. The van der Waals surface area contributed by atoms with Crippen LogP contribution in [0.4, 0.5) is 5.69 Å². The van der Waals surface area contributed by atoms with E-state index in [1.165, 1.54) is 23.2 Å². The Bertz CT molecular complexity index is 1600. The van der Waals surface area contributed by atoms with Crippen LogP contribution in [0.3, 0.4) is 0 Å². The van der Waals surface area contributed by atoms with E-state index in [-0.39, 0.29) is 22.0 Å². The van der Waals surface area contributed by atoms with E-state index in [1.807, 2.05) is 30.3 Å². The number of rotatable bonds is 7. The van der Waals surface area contributed by atoms with E-state index in [4.69, 9.17) is 16.6 Å². The first kappa shape index (κ1) is 25.1. The molecule has 37 heavy (non-hydrogen) atoms. The predicted molar refractivity (Wildman–Crippen MR) is 146 cm³/mol. The van der Waals surface area contributed by atoms with Gasteiger partial charge in [-0.25, -0.2) is 10.4 Å². The molecule has 4 aromatic rings. The van der Waals surface area contributed by atoms with Crippen molar-refractivity contribution >= 4 is 62.7 Å². The van der Waals surface area contributed by atoms with Crippen molar-refractivity contribution in [1.29, 1.82) is 0 Å². The number of nitrogens with zero attached hydrogens (tertiary/aromatic N) is 4. The molecule has 1 aliphatic rings. The summed E-state index contributed by atoms with van der Waals surface area (Å²) < 4.78 is 1.57. The van der Waals surface area contributed by atoms with Gasteiger partial charge >= 0.3 is 0 Å². The van der Waals surface area contributed by atoms with Crippen molar-refractivity contribution in [3.05, 3.63) is 90.0 Å². The molecule has 0 saturated carbocycles. The molecule has 0 bridgehead atoms. The van der Waals surface area contributed by atoms with Crippen molar-refractivity contribution in [3.8, 4) is 5.69 Å². The van der Waals surface area contributed by atoms with Crippen LogP contribution in [-0.2, 0) is 17.6 Å². The van der Waals surface area contributed by atoms with Gasteiger partial charge in [0.25, 0.3) is 17.2 Å². The molecular formula is C25H20ClN5O4S2. The van der Waals surface area contributed by atoms with Crippen LogP contribution in [0.2, 0.25) is 5.02 Å². The van der Waals surface area contributed by atoms with Crippen LogP contribution in [0.25, 0.3) is 15.9 Å². The molecule has 0 saturated heterocycles. The van der Waals surface area contributed by atoms with Gasteiger partial charge in [-0.2, -0.15) is 5.10 Å². The second-order valence-electron chi connectivity index (χ2n) is 8.31. The molecular weight excluding hydrogens is 534 g/mol.